The van der Waals surface area contributed by atoms with E-state index in [1.807, 2.05) is 0 Å². The first kappa shape index (κ1) is 19.3. The number of anilines is 2. The molecular weight excluding hydrogens is 367 g/mol. The first-order valence-corrected chi connectivity index (χ1v) is 8.79. The maximum absolute atomic E-state index is 13.1. The molecule has 148 valence electrons. The smallest absolute Gasteiger partial charge is 0.409 e. The number of ether oxygens (including phenoxy) is 1. The van der Waals surface area contributed by atoms with E-state index in [2.05, 4.69) is 10.4 Å². The van der Waals surface area contributed by atoms with Crippen LogP contribution in [0.5, 0.6) is 0 Å². The summed E-state index contributed by atoms with van der Waals surface area (Å²) in [5, 5.41) is 15.5. The van der Waals surface area contributed by atoms with Gasteiger partial charge in [-0.1, -0.05) is 0 Å². The van der Waals surface area contributed by atoms with Gasteiger partial charge < -0.3 is 26.1 Å². The molecule has 2 aromatic rings. The number of halogens is 1. The summed E-state index contributed by atoms with van der Waals surface area (Å²) in [6.07, 6.45) is 1.37. The first-order valence-electron chi connectivity index (χ1n) is 8.79. The van der Waals surface area contributed by atoms with Gasteiger partial charge in [0.2, 0.25) is 0 Å². The summed E-state index contributed by atoms with van der Waals surface area (Å²) in [5.41, 5.74) is 6.50. The third-order valence-electron chi connectivity index (χ3n) is 4.40. The van der Waals surface area contributed by atoms with Crippen molar-refractivity contribution in [3.63, 3.8) is 0 Å². The fraction of sp³-hybridized carbons (Fsp3) is 0.333. The Balaban J connectivity index is 1.86. The number of piperidine rings is 1. The number of nitrogens with two attached hydrogens (primary N) is 1. The standard InChI is InChI=1S/C18H21FN6O3/c1-2-28-18(27)24-8-7-14(20)15(10-24)25-9-13(16(21)26)17(23-25)22-12-5-3-11(19)4-6-12/h3-6,9,15,20H,2,7-8,10H2,1H3,(H2,21,26)(H,22,23)/t15-/m1/s1. The molecule has 1 aliphatic rings. The fourth-order valence-corrected chi connectivity index (χ4v) is 2.95. The van der Waals surface area contributed by atoms with E-state index in [1.165, 1.54) is 40.0 Å². The van der Waals surface area contributed by atoms with Crippen molar-refractivity contribution in [2.24, 2.45) is 5.73 Å². The molecule has 4 N–H and O–H groups in total. The molecule has 1 atom stereocenters. The molecule has 28 heavy (non-hydrogen) atoms. The van der Waals surface area contributed by atoms with Gasteiger partial charge in [0.25, 0.3) is 5.91 Å². The van der Waals surface area contributed by atoms with Crippen LogP contribution in [0.25, 0.3) is 0 Å². The van der Waals surface area contributed by atoms with Crippen LogP contribution >= 0.6 is 0 Å². The number of hydrogen-bond acceptors (Lipinski definition) is 6. The van der Waals surface area contributed by atoms with Crippen molar-refractivity contribution in [2.45, 2.75) is 19.4 Å². The van der Waals surface area contributed by atoms with Crippen molar-refractivity contribution in [3.8, 4) is 0 Å². The van der Waals surface area contributed by atoms with Gasteiger partial charge in [-0.05, 0) is 31.2 Å². The van der Waals surface area contributed by atoms with Crippen LogP contribution in [0.15, 0.2) is 30.5 Å². The maximum atomic E-state index is 13.1. The number of primary amides is 1. The molecule has 0 aliphatic carbocycles. The van der Waals surface area contributed by atoms with Gasteiger partial charge >= 0.3 is 6.09 Å². The third-order valence-corrected chi connectivity index (χ3v) is 4.40. The molecular formula is C18H21FN6O3. The van der Waals surface area contributed by atoms with Crippen LogP contribution in [0.1, 0.15) is 29.7 Å². The van der Waals surface area contributed by atoms with Crippen molar-refractivity contribution >= 4 is 29.2 Å². The van der Waals surface area contributed by atoms with Crippen LogP contribution < -0.4 is 11.1 Å². The molecule has 1 aromatic carbocycles. The summed E-state index contributed by atoms with van der Waals surface area (Å²) in [6.45, 7) is 2.57. The minimum atomic E-state index is -0.694. The van der Waals surface area contributed by atoms with Crippen molar-refractivity contribution in [1.82, 2.24) is 14.7 Å². The number of carbonyl (C=O) groups excluding carboxylic acids is 2. The van der Waals surface area contributed by atoms with Crippen molar-refractivity contribution in [1.29, 1.82) is 5.41 Å². The largest absolute Gasteiger partial charge is 0.450 e. The summed E-state index contributed by atoms with van der Waals surface area (Å²) >= 11 is 0. The average molecular weight is 388 g/mol. The maximum Gasteiger partial charge on any atom is 0.409 e. The van der Waals surface area contributed by atoms with E-state index in [9.17, 15) is 14.0 Å². The highest BCUT2D eigenvalue weighted by Gasteiger charge is 2.31. The zero-order valence-electron chi connectivity index (χ0n) is 15.3. The lowest BCUT2D eigenvalue weighted by atomic mass is 10.0. The lowest BCUT2D eigenvalue weighted by molar-refractivity contribution is 0.0992. The van der Waals surface area contributed by atoms with E-state index in [1.54, 1.807) is 6.92 Å². The lowest BCUT2D eigenvalue weighted by Gasteiger charge is -2.32. The van der Waals surface area contributed by atoms with Crippen molar-refractivity contribution in [2.75, 3.05) is 25.0 Å². The Morgan fingerprint density at radius 2 is 2.11 bits per heavy atom. The molecule has 0 bridgehead atoms. The van der Waals surface area contributed by atoms with Gasteiger partial charge in [0.1, 0.15) is 17.4 Å². The predicted octanol–water partition coefficient (Wildman–Crippen LogP) is 2.29. The number of hydrogen-bond donors (Lipinski definition) is 3. The number of benzene rings is 1. The number of nitrogens with zero attached hydrogens (tertiary/aromatic N) is 3. The Morgan fingerprint density at radius 3 is 2.75 bits per heavy atom. The number of amides is 2. The van der Waals surface area contributed by atoms with Gasteiger partial charge in [0.05, 0.1) is 13.2 Å². The van der Waals surface area contributed by atoms with Crippen LogP contribution in [0.4, 0.5) is 20.7 Å². The minimum Gasteiger partial charge on any atom is -0.450 e. The molecule has 0 spiro atoms. The quantitative estimate of drug-likeness (QED) is 0.724. The van der Waals surface area contributed by atoms with Gasteiger partial charge in [-0.15, -0.1) is 0 Å². The SMILES string of the molecule is CCOC(=O)N1CCC(=N)[C@H](n2cc(C(N)=O)c(Nc3ccc(F)cc3)n2)C1. The Hall–Kier alpha value is -3.43. The Morgan fingerprint density at radius 1 is 1.39 bits per heavy atom. The summed E-state index contributed by atoms with van der Waals surface area (Å²) in [7, 11) is 0. The molecule has 2 amide bonds. The number of aromatic nitrogens is 2. The molecule has 0 radical (unpaired) electrons. The number of rotatable bonds is 5. The molecule has 0 saturated carbocycles. The van der Waals surface area contributed by atoms with Gasteiger partial charge in [-0.2, -0.15) is 5.10 Å². The second-order valence-corrected chi connectivity index (χ2v) is 6.30. The monoisotopic (exact) mass is 388 g/mol. The second kappa shape index (κ2) is 8.07. The Bertz CT molecular complexity index is 895. The molecule has 10 heteroatoms. The van der Waals surface area contributed by atoms with Crippen molar-refractivity contribution < 1.29 is 18.7 Å². The Kier molecular flexibility index (Phi) is 5.57. The van der Waals surface area contributed by atoms with E-state index >= 15 is 0 Å². The average Bonchev–Trinajstić information content (AvgIpc) is 3.08. The van der Waals surface area contributed by atoms with Crippen LogP contribution in [0, 0.1) is 11.2 Å². The van der Waals surface area contributed by atoms with E-state index in [-0.39, 0.29) is 30.4 Å². The van der Waals surface area contributed by atoms with Gasteiger partial charge in [0.15, 0.2) is 5.82 Å². The Labute approximate surface area is 160 Å². The van der Waals surface area contributed by atoms with Gasteiger partial charge in [0, 0.05) is 30.6 Å². The molecule has 1 saturated heterocycles. The van der Waals surface area contributed by atoms with Crippen LogP contribution in [-0.4, -0.2) is 52.1 Å². The zero-order chi connectivity index (χ0) is 20.3. The highest BCUT2D eigenvalue weighted by atomic mass is 19.1. The summed E-state index contributed by atoms with van der Waals surface area (Å²) in [4.78, 5) is 25.4. The summed E-state index contributed by atoms with van der Waals surface area (Å²) in [5.74, 6) is -0.887. The minimum absolute atomic E-state index is 0.130. The van der Waals surface area contributed by atoms with E-state index < -0.39 is 18.0 Å². The zero-order valence-corrected chi connectivity index (χ0v) is 15.3. The fourth-order valence-electron chi connectivity index (χ4n) is 2.95. The topological polar surface area (TPSA) is 126 Å². The molecule has 1 fully saturated rings. The van der Waals surface area contributed by atoms with E-state index in [4.69, 9.17) is 15.9 Å². The van der Waals surface area contributed by atoms with Crippen LogP contribution in [-0.2, 0) is 4.74 Å². The molecule has 1 aliphatic heterocycles. The summed E-state index contributed by atoms with van der Waals surface area (Å²) < 4.78 is 19.6. The summed E-state index contributed by atoms with van der Waals surface area (Å²) in [6, 6.07) is 5.02. The van der Waals surface area contributed by atoms with Crippen LogP contribution in [0.3, 0.4) is 0 Å². The lowest BCUT2D eigenvalue weighted by Crippen LogP contribution is -2.45. The van der Waals surface area contributed by atoms with E-state index in [0.717, 1.165) is 0 Å². The predicted molar refractivity (Wildman–Crippen MR) is 100 cm³/mol. The molecule has 9 nitrogen and oxygen atoms in total. The number of carbonyl (C=O) groups is 2. The van der Waals surface area contributed by atoms with E-state index in [0.29, 0.717) is 24.4 Å². The second-order valence-electron chi connectivity index (χ2n) is 6.30. The highest BCUT2D eigenvalue weighted by Crippen LogP contribution is 2.24. The third kappa shape index (κ3) is 4.11. The number of nitrogens with one attached hydrogen (secondary N) is 2. The van der Waals surface area contributed by atoms with Crippen molar-refractivity contribution in [3.05, 3.63) is 41.8 Å². The highest BCUT2D eigenvalue weighted by molar-refractivity contribution is 5.98. The number of likely N-dealkylation sites (tertiary alicyclic amines) is 1. The van der Waals surface area contributed by atoms with Gasteiger partial charge in [-0.3, -0.25) is 9.48 Å². The van der Waals surface area contributed by atoms with Crippen LogP contribution in [0.2, 0.25) is 0 Å². The molecule has 1 aromatic heterocycles. The molecule has 0 unspecified atom stereocenters. The first-order chi connectivity index (χ1) is 13.4. The normalized spacial score (nSPS) is 16.7. The molecule has 3 rings (SSSR count). The van der Waals surface area contributed by atoms with Gasteiger partial charge in [-0.25, -0.2) is 9.18 Å². The molecule has 2 heterocycles.